The highest BCUT2D eigenvalue weighted by Gasteiger charge is 2.15. The highest BCUT2D eigenvalue weighted by molar-refractivity contribution is 6.32. The molecule has 0 saturated heterocycles. The van der Waals surface area contributed by atoms with Crippen molar-refractivity contribution in [1.29, 1.82) is 0 Å². The normalized spacial score (nSPS) is 10.2. The number of hydrogen-bond acceptors (Lipinski definition) is 4. The van der Waals surface area contributed by atoms with Gasteiger partial charge < -0.3 is 10.3 Å². The Kier molecular flexibility index (Phi) is 4.04. The number of benzene rings is 1. The zero-order valence-electron chi connectivity index (χ0n) is 10.8. The van der Waals surface area contributed by atoms with Crippen molar-refractivity contribution in [3.05, 3.63) is 67.1 Å². The molecule has 1 heterocycles. The van der Waals surface area contributed by atoms with Gasteiger partial charge in [-0.2, -0.15) is 0 Å². The van der Waals surface area contributed by atoms with E-state index in [0.29, 0.717) is 5.69 Å². The van der Waals surface area contributed by atoms with Gasteiger partial charge in [-0.1, -0.05) is 11.6 Å². The number of nitro benzene ring substituents is 1. The van der Waals surface area contributed by atoms with E-state index in [1.807, 2.05) is 0 Å². The van der Waals surface area contributed by atoms with Gasteiger partial charge in [0.1, 0.15) is 10.6 Å². The number of halogens is 1. The van der Waals surface area contributed by atoms with Crippen molar-refractivity contribution in [3.8, 4) is 0 Å². The van der Waals surface area contributed by atoms with Crippen molar-refractivity contribution in [2.45, 2.75) is 6.92 Å². The van der Waals surface area contributed by atoms with E-state index in [0.717, 1.165) is 6.07 Å². The first-order chi connectivity index (χ1) is 9.88. The Morgan fingerprint density at radius 2 is 2.10 bits per heavy atom. The lowest BCUT2D eigenvalue weighted by Gasteiger charge is -2.05. The molecule has 0 radical (unpaired) electrons. The number of amides is 1. The third-order valence-electron chi connectivity index (χ3n) is 2.70. The van der Waals surface area contributed by atoms with Crippen molar-refractivity contribution < 1.29 is 9.72 Å². The quantitative estimate of drug-likeness (QED) is 0.671. The molecule has 7 nitrogen and oxygen atoms in total. The number of nitrogens with zero attached hydrogens (tertiary/aromatic N) is 1. The van der Waals surface area contributed by atoms with E-state index < -0.39 is 16.3 Å². The monoisotopic (exact) mass is 307 g/mol. The van der Waals surface area contributed by atoms with E-state index in [1.165, 1.54) is 24.4 Å². The largest absolute Gasteiger partial charge is 0.364 e. The molecule has 1 aromatic heterocycles. The number of rotatable bonds is 3. The topological polar surface area (TPSA) is 105 Å². The van der Waals surface area contributed by atoms with Crippen LogP contribution in [0.15, 0.2) is 35.3 Å². The third kappa shape index (κ3) is 3.26. The van der Waals surface area contributed by atoms with Crippen LogP contribution in [-0.4, -0.2) is 15.8 Å². The molecule has 1 aromatic carbocycles. The number of anilines is 1. The number of pyridine rings is 1. The minimum Gasteiger partial charge on any atom is -0.364 e. The predicted molar refractivity (Wildman–Crippen MR) is 77.9 cm³/mol. The van der Waals surface area contributed by atoms with Crippen molar-refractivity contribution in [2.24, 2.45) is 0 Å². The number of nitro groups is 1. The van der Waals surface area contributed by atoms with Gasteiger partial charge in [-0.25, -0.2) is 0 Å². The number of aromatic nitrogens is 1. The van der Waals surface area contributed by atoms with Crippen LogP contribution in [0.5, 0.6) is 0 Å². The zero-order chi connectivity index (χ0) is 15.6. The SMILES string of the molecule is Cc1cc(=O)c(C(=O)Nc2ccc(Cl)c([N+](=O)[O-])c2)c[nH]1. The number of aromatic amines is 1. The van der Waals surface area contributed by atoms with E-state index in [-0.39, 0.29) is 22.0 Å². The Hall–Kier alpha value is -2.67. The third-order valence-corrected chi connectivity index (χ3v) is 3.02. The van der Waals surface area contributed by atoms with Gasteiger partial charge in [0.2, 0.25) is 0 Å². The number of H-pyrrole nitrogens is 1. The van der Waals surface area contributed by atoms with Crippen LogP contribution in [0.1, 0.15) is 16.1 Å². The maximum Gasteiger partial charge on any atom is 0.289 e. The number of carbonyl (C=O) groups is 1. The summed E-state index contributed by atoms with van der Waals surface area (Å²) in [5, 5.41) is 13.2. The molecule has 0 fully saturated rings. The summed E-state index contributed by atoms with van der Waals surface area (Å²) >= 11 is 5.68. The smallest absolute Gasteiger partial charge is 0.289 e. The molecule has 108 valence electrons. The van der Waals surface area contributed by atoms with Gasteiger partial charge in [0.15, 0.2) is 5.43 Å². The molecular weight excluding hydrogens is 298 g/mol. The summed E-state index contributed by atoms with van der Waals surface area (Å²) in [6.07, 6.45) is 1.29. The van der Waals surface area contributed by atoms with E-state index in [9.17, 15) is 19.7 Å². The first-order valence-corrected chi connectivity index (χ1v) is 6.21. The average molecular weight is 308 g/mol. The summed E-state index contributed by atoms with van der Waals surface area (Å²) in [5.74, 6) is -0.659. The summed E-state index contributed by atoms with van der Waals surface area (Å²) in [4.78, 5) is 36.5. The van der Waals surface area contributed by atoms with Crippen molar-refractivity contribution in [3.63, 3.8) is 0 Å². The molecule has 0 spiro atoms. The molecule has 2 N–H and O–H groups in total. The molecule has 0 saturated carbocycles. The van der Waals surface area contributed by atoms with Crippen molar-refractivity contribution in [2.75, 3.05) is 5.32 Å². The molecule has 1 amide bonds. The average Bonchev–Trinajstić information content (AvgIpc) is 2.40. The van der Waals surface area contributed by atoms with Gasteiger partial charge in [-0.3, -0.25) is 19.7 Å². The van der Waals surface area contributed by atoms with Gasteiger partial charge in [0, 0.05) is 29.7 Å². The van der Waals surface area contributed by atoms with Crippen molar-refractivity contribution in [1.82, 2.24) is 4.98 Å². The second-order valence-electron chi connectivity index (χ2n) is 4.27. The van der Waals surface area contributed by atoms with E-state index in [1.54, 1.807) is 6.92 Å². The van der Waals surface area contributed by atoms with Crippen LogP contribution >= 0.6 is 11.6 Å². The number of nitrogens with one attached hydrogen (secondary N) is 2. The Morgan fingerprint density at radius 3 is 2.71 bits per heavy atom. The molecule has 2 rings (SSSR count). The summed E-state index contributed by atoms with van der Waals surface area (Å²) in [6, 6.07) is 5.13. The number of aryl methyl sites for hydroxylation is 1. The lowest BCUT2D eigenvalue weighted by molar-refractivity contribution is -0.384. The summed E-state index contributed by atoms with van der Waals surface area (Å²) in [5.41, 5.74) is -0.0487. The Labute approximate surface area is 123 Å². The Morgan fingerprint density at radius 1 is 1.38 bits per heavy atom. The second kappa shape index (κ2) is 5.76. The number of carbonyl (C=O) groups excluding carboxylic acids is 1. The second-order valence-corrected chi connectivity index (χ2v) is 4.68. The fourth-order valence-electron chi connectivity index (χ4n) is 1.68. The standard InChI is InChI=1S/C13H10ClN3O4/c1-7-4-12(18)9(6-15-7)13(19)16-8-2-3-10(14)11(5-8)17(20)21/h2-6H,1H3,(H,15,18)(H,16,19). The molecule has 0 aliphatic heterocycles. The molecule has 0 atom stereocenters. The highest BCUT2D eigenvalue weighted by atomic mass is 35.5. The Balaban J connectivity index is 2.29. The van der Waals surface area contributed by atoms with E-state index in [2.05, 4.69) is 10.3 Å². The van der Waals surface area contributed by atoms with Gasteiger partial charge >= 0.3 is 0 Å². The lowest BCUT2D eigenvalue weighted by Crippen LogP contribution is -2.21. The van der Waals surface area contributed by atoms with E-state index >= 15 is 0 Å². The molecule has 8 heteroatoms. The van der Waals surface area contributed by atoms with Crippen LogP contribution < -0.4 is 10.7 Å². The van der Waals surface area contributed by atoms with Crippen LogP contribution in [0.4, 0.5) is 11.4 Å². The number of hydrogen-bond donors (Lipinski definition) is 2. The van der Waals surface area contributed by atoms with Crippen LogP contribution in [0, 0.1) is 17.0 Å². The van der Waals surface area contributed by atoms with E-state index in [4.69, 9.17) is 11.6 Å². The molecule has 0 aliphatic rings. The molecule has 0 unspecified atom stereocenters. The Bertz CT molecular complexity index is 785. The van der Waals surface area contributed by atoms with Gasteiger partial charge in [0.25, 0.3) is 11.6 Å². The maximum atomic E-state index is 12.0. The van der Waals surface area contributed by atoms with Gasteiger partial charge in [0.05, 0.1) is 4.92 Å². The van der Waals surface area contributed by atoms with Crippen LogP contribution in [0.25, 0.3) is 0 Å². The summed E-state index contributed by atoms with van der Waals surface area (Å²) in [6.45, 7) is 1.69. The fraction of sp³-hybridized carbons (Fsp3) is 0.0769. The summed E-state index contributed by atoms with van der Waals surface area (Å²) in [7, 11) is 0. The predicted octanol–water partition coefficient (Wildman–Crippen LogP) is 2.50. The lowest BCUT2D eigenvalue weighted by atomic mass is 10.2. The highest BCUT2D eigenvalue weighted by Crippen LogP contribution is 2.27. The minimum atomic E-state index is -0.659. The van der Waals surface area contributed by atoms with Gasteiger partial charge in [-0.05, 0) is 19.1 Å². The molecule has 21 heavy (non-hydrogen) atoms. The molecule has 0 aliphatic carbocycles. The van der Waals surface area contributed by atoms with Crippen LogP contribution in [0.2, 0.25) is 5.02 Å². The fourth-order valence-corrected chi connectivity index (χ4v) is 1.87. The zero-order valence-corrected chi connectivity index (χ0v) is 11.6. The first kappa shape index (κ1) is 14.7. The van der Waals surface area contributed by atoms with Crippen LogP contribution in [-0.2, 0) is 0 Å². The van der Waals surface area contributed by atoms with Crippen LogP contribution in [0.3, 0.4) is 0 Å². The van der Waals surface area contributed by atoms with Gasteiger partial charge in [-0.15, -0.1) is 0 Å². The molecule has 0 bridgehead atoms. The summed E-state index contributed by atoms with van der Waals surface area (Å²) < 4.78 is 0. The molecular formula is C13H10ClN3O4. The first-order valence-electron chi connectivity index (χ1n) is 5.83. The maximum absolute atomic E-state index is 12.0. The molecule has 2 aromatic rings. The van der Waals surface area contributed by atoms with Crippen molar-refractivity contribution >= 4 is 28.9 Å². The minimum absolute atomic E-state index is 0.0359.